The molecule has 6 nitrogen and oxygen atoms in total. The second-order valence-electron chi connectivity index (χ2n) is 4.75. The number of nitrogens with one attached hydrogen (secondary N) is 2. The van der Waals surface area contributed by atoms with Gasteiger partial charge in [0.1, 0.15) is 5.69 Å². The summed E-state index contributed by atoms with van der Waals surface area (Å²) in [5, 5.41) is 17.3. The Morgan fingerprint density at radius 2 is 2.40 bits per heavy atom. The van der Waals surface area contributed by atoms with E-state index in [0.717, 1.165) is 25.0 Å². The van der Waals surface area contributed by atoms with Gasteiger partial charge in [0.2, 0.25) is 0 Å². The molecule has 1 atom stereocenters. The van der Waals surface area contributed by atoms with E-state index in [-0.39, 0.29) is 11.8 Å². The summed E-state index contributed by atoms with van der Waals surface area (Å²) in [7, 11) is 0. The molecule has 0 amide bonds. The first-order valence-electron chi connectivity index (χ1n) is 6.48. The molecular weight excluding hydrogens is 278 g/mol. The highest BCUT2D eigenvalue weighted by Crippen LogP contribution is 2.25. The van der Waals surface area contributed by atoms with Gasteiger partial charge in [-0.25, -0.2) is 0 Å². The van der Waals surface area contributed by atoms with Crippen molar-refractivity contribution in [3.8, 4) is 0 Å². The van der Waals surface area contributed by atoms with Crippen LogP contribution in [0.1, 0.15) is 18.4 Å². The van der Waals surface area contributed by atoms with Gasteiger partial charge in [0, 0.05) is 19.2 Å². The molecule has 1 aromatic carbocycles. The largest absolute Gasteiger partial charge is 0.376 e. The highest BCUT2D eigenvalue weighted by atomic mass is 32.1. The number of hydrogen-bond donors (Lipinski definition) is 2. The minimum atomic E-state index is -0.419. The molecule has 0 spiro atoms. The molecule has 1 aliphatic heterocycles. The van der Waals surface area contributed by atoms with Gasteiger partial charge >= 0.3 is 0 Å². The van der Waals surface area contributed by atoms with Gasteiger partial charge in [-0.1, -0.05) is 6.07 Å². The average Bonchev–Trinajstić information content (AvgIpc) is 2.91. The number of rotatable bonds is 4. The molecule has 1 fully saturated rings. The molecular formula is C13H17N3O3S. The van der Waals surface area contributed by atoms with Gasteiger partial charge in [-0.2, -0.15) is 0 Å². The van der Waals surface area contributed by atoms with Crippen LogP contribution in [-0.4, -0.2) is 29.3 Å². The number of hydrogen-bond acceptors (Lipinski definition) is 4. The second-order valence-corrected chi connectivity index (χ2v) is 5.16. The second kappa shape index (κ2) is 6.62. The van der Waals surface area contributed by atoms with E-state index in [1.165, 1.54) is 6.07 Å². The first-order chi connectivity index (χ1) is 9.56. The van der Waals surface area contributed by atoms with Crippen LogP contribution >= 0.6 is 12.2 Å². The maximum absolute atomic E-state index is 11.0. The van der Waals surface area contributed by atoms with E-state index < -0.39 is 4.92 Å². The summed E-state index contributed by atoms with van der Waals surface area (Å²) < 4.78 is 5.47. The fraction of sp³-hybridized carbons (Fsp3) is 0.462. The highest BCUT2D eigenvalue weighted by molar-refractivity contribution is 7.80. The monoisotopic (exact) mass is 295 g/mol. The predicted molar refractivity (Wildman–Crippen MR) is 81.0 cm³/mol. The average molecular weight is 295 g/mol. The lowest BCUT2D eigenvalue weighted by Gasteiger charge is -2.14. The van der Waals surface area contributed by atoms with Gasteiger partial charge in [-0.3, -0.25) is 10.1 Å². The van der Waals surface area contributed by atoms with Crippen molar-refractivity contribution in [1.29, 1.82) is 0 Å². The van der Waals surface area contributed by atoms with Crippen LogP contribution in [0.5, 0.6) is 0 Å². The normalized spacial score (nSPS) is 17.8. The first-order valence-corrected chi connectivity index (χ1v) is 6.88. The highest BCUT2D eigenvalue weighted by Gasteiger charge is 2.17. The summed E-state index contributed by atoms with van der Waals surface area (Å²) in [4.78, 5) is 10.6. The lowest BCUT2D eigenvalue weighted by Crippen LogP contribution is -2.34. The summed E-state index contributed by atoms with van der Waals surface area (Å²) in [5.41, 5.74) is 1.25. The third-order valence-corrected chi connectivity index (χ3v) is 3.36. The number of aryl methyl sites for hydroxylation is 1. The van der Waals surface area contributed by atoms with Gasteiger partial charge in [0.15, 0.2) is 5.11 Å². The number of thiocarbonyl (C=S) groups is 1. The van der Waals surface area contributed by atoms with Gasteiger partial charge in [-0.15, -0.1) is 0 Å². The molecule has 2 rings (SSSR count). The van der Waals surface area contributed by atoms with Crippen molar-refractivity contribution < 1.29 is 9.66 Å². The Bertz CT molecular complexity index is 516. The zero-order valence-electron chi connectivity index (χ0n) is 11.2. The molecule has 0 aliphatic carbocycles. The number of nitro benzene ring substituents is 1. The summed E-state index contributed by atoms with van der Waals surface area (Å²) >= 11 is 5.15. The van der Waals surface area contributed by atoms with Crippen molar-refractivity contribution >= 4 is 28.7 Å². The quantitative estimate of drug-likeness (QED) is 0.504. The van der Waals surface area contributed by atoms with Crippen LogP contribution < -0.4 is 10.6 Å². The van der Waals surface area contributed by atoms with Crippen molar-refractivity contribution in [2.75, 3.05) is 18.5 Å². The van der Waals surface area contributed by atoms with Gasteiger partial charge in [0.25, 0.3) is 5.69 Å². The molecule has 2 N–H and O–H groups in total. The van der Waals surface area contributed by atoms with Gasteiger partial charge in [-0.05, 0) is 43.6 Å². The topological polar surface area (TPSA) is 76.4 Å². The molecule has 7 heteroatoms. The van der Waals surface area contributed by atoms with Crippen molar-refractivity contribution in [1.82, 2.24) is 5.32 Å². The summed E-state index contributed by atoms with van der Waals surface area (Å²) in [5.74, 6) is 0. The van der Waals surface area contributed by atoms with E-state index in [1.54, 1.807) is 12.1 Å². The number of benzene rings is 1. The van der Waals surface area contributed by atoms with Crippen molar-refractivity contribution in [3.05, 3.63) is 33.9 Å². The third-order valence-electron chi connectivity index (χ3n) is 3.11. The Kier molecular flexibility index (Phi) is 4.86. The lowest BCUT2D eigenvalue weighted by molar-refractivity contribution is -0.383. The number of nitrogens with zero attached hydrogens (tertiary/aromatic N) is 1. The van der Waals surface area contributed by atoms with Crippen LogP contribution in [0.4, 0.5) is 11.4 Å². The summed E-state index contributed by atoms with van der Waals surface area (Å²) in [6.45, 7) is 3.21. The van der Waals surface area contributed by atoms with Crippen LogP contribution in [0, 0.1) is 17.0 Å². The summed E-state index contributed by atoms with van der Waals surface area (Å²) in [6, 6.07) is 4.98. The predicted octanol–water partition coefficient (Wildman–Crippen LogP) is 2.37. The molecule has 20 heavy (non-hydrogen) atoms. The molecule has 1 saturated heterocycles. The van der Waals surface area contributed by atoms with Gasteiger partial charge in [0.05, 0.1) is 11.0 Å². The van der Waals surface area contributed by atoms with E-state index in [0.29, 0.717) is 17.3 Å². The third kappa shape index (κ3) is 3.88. The maximum Gasteiger partial charge on any atom is 0.292 e. The Labute approximate surface area is 122 Å². The number of ether oxygens (including phenoxy) is 1. The Morgan fingerprint density at radius 1 is 1.60 bits per heavy atom. The molecule has 1 unspecified atom stereocenters. The smallest absolute Gasteiger partial charge is 0.292 e. The van der Waals surface area contributed by atoms with E-state index in [9.17, 15) is 10.1 Å². The first kappa shape index (κ1) is 14.7. The maximum atomic E-state index is 11.0. The van der Waals surface area contributed by atoms with Crippen molar-refractivity contribution in [2.45, 2.75) is 25.9 Å². The molecule has 0 bridgehead atoms. The van der Waals surface area contributed by atoms with Gasteiger partial charge < -0.3 is 15.4 Å². The zero-order valence-corrected chi connectivity index (χ0v) is 12.0. The van der Waals surface area contributed by atoms with Crippen molar-refractivity contribution in [3.63, 3.8) is 0 Å². The molecule has 0 aromatic heterocycles. The molecule has 108 valence electrons. The Morgan fingerprint density at radius 3 is 3.05 bits per heavy atom. The van der Waals surface area contributed by atoms with Crippen LogP contribution in [-0.2, 0) is 4.74 Å². The van der Waals surface area contributed by atoms with Crippen LogP contribution in [0.2, 0.25) is 0 Å². The van der Waals surface area contributed by atoms with E-state index >= 15 is 0 Å². The fourth-order valence-electron chi connectivity index (χ4n) is 2.08. The minimum absolute atomic E-state index is 0.0197. The minimum Gasteiger partial charge on any atom is -0.376 e. The van der Waals surface area contributed by atoms with Crippen LogP contribution in [0.25, 0.3) is 0 Å². The number of nitro groups is 1. The molecule has 0 radical (unpaired) electrons. The molecule has 1 aliphatic rings. The zero-order chi connectivity index (χ0) is 14.5. The van der Waals surface area contributed by atoms with E-state index in [4.69, 9.17) is 17.0 Å². The number of anilines is 1. The molecule has 1 aromatic rings. The Hall–Kier alpha value is -1.73. The lowest BCUT2D eigenvalue weighted by atomic mass is 10.2. The van der Waals surface area contributed by atoms with E-state index in [1.807, 2.05) is 6.92 Å². The van der Waals surface area contributed by atoms with E-state index in [2.05, 4.69) is 10.6 Å². The molecule has 0 saturated carbocycles. The summed E-state index contributed by atoms with van der Waals surface area (Å²) in [6.07, 6.45) is 2.25. The van der Waals surface area contributed by atoms with Crippen molar-refractivity contribution in [2.24, 2.45) is 0 Å². The Balaban J connectivity index is 1.94. The SMILES string of the molecule is Cc1ccc(NC(=S)NCC2CCCO2)c([N+](=O)[O-])c1. The standard InChI is InChI=1S/C13H17N3O3S/c1-9-4-5-11(12(7-9)16(17)18)15-13(20)14-8-10-3-2-6-19-10/h4-5,7,10H,2-3,6,8H2,1H3,(H2,14,15,20). The van der Waals surface area contributed by atoms with Crippen LogP contribution in [0.15, 0.2) is 18.2 Å². The molecule has 1 heterocycles. The fourth-order valence-corrected chi connectivity index (χ4v) is 2.27. The van der Waals surface area contributed by atoms with Crippen LogP contribution in [0.3, 0.4) is 0 Å².